The minimum Gasteiger partial charge on any atom is -0.493 e. The Bertz CT molecular complexity index is 1270. The van der Waals surface area contributed by atoms with Crippen molar-refractivity contribution in [3.05, 3.63) is 66.1 Å². The number of benzene rings is 2. The number of amides is 3. The highest BCUT2D eigenvalue weighted by Crippen LogP contribution is 2.42. The summed E-state index contributed by atoms with van der Waals surface area (Å²) in [5.74, 6) is 0.00952. The second kappa shape index (κ2) is 12.4. The van der Waals surface area contributed by atoms with E-state index in [-0.39, 0.29) is 23.6 Å². The van der Waals surface area contributed by atoms with E-state index in [0.29, 0.717) is 34.2 Å². The Morgan fingerprint density at radius 2 is 1.59 bits per heavy atom. The first-order valence-electron chi connectivity index (χ1n) is 12.7. The van der Waals surface area contributed by atoms with Gasteiger partial charge in [0, 0.05) is 24.3 Å². The van der Waals surface area contributed by atoms with Crippen LogP contribution in [0.25, 0.3) is 0 Å². The predicted molar refractivity (Wildman–Crippen MR) is 146 cm³/mol. The van der Waals surface area contributed by atoms with Crippen LogP contribution in [0.15, 0.2) is 59.2 Å². The van der Waals surface area contributed by atoms with Gasteiger partial charge in [0.2, 0.25) is 17.6 Å². The van der Waals surface area contributed by atoms with Gasteiger partial charge in [0.05, 0.1) is 27.6 Å². The molecule has 0 aliphatic heterocycles. The Morgan fingerprint density at radius 1 is 0.949 bits per heavy atom. The highest BCUT2D eigenvalue weighted by atomic mass is 16.5. The Morgan fingerprint density at radius 3 is 2.10 bits per heavy atom. The summed E-state index contributed by atoms with van der Waals surface area (Å²) in [5, 5.41) is 5.85. The molecule has 3 amide bonds. The van der Waals surface area contributed by atoms with Gasteiger partial charge < -0.3 is 29.3 Å². The lowest BCUT2D eigenvalue weighted by atomic mass is 10.0. The van der Waals surface area contributed by atoms with E-state index in [9.17, 15) is 14.4 Å². The molecule has 1 aliphatic rings. The fraction of sp³-hybridized carbons (Fsp3) is 0.345. The number of hydrogen-bond acceptors (Lipinski definition) is 7. The van der Waals surface area contributed by atoms with Crippen molar-refractivity contribution >= 4 is 29.1 Å². The number of rotatable bonds is 10. The lowest BCUT2D eigenvalue weighted by Gasteiger charge is -2.32. The maximum atomic E-state index is 14.0. The van der Waals surface area contributed by atoms with Crippen molar-refractivity contribution in [2.24, 2.45) is 0 Å². The SMILES string of the molecule is COc1cc(C(C(=O)NC2CCCC2)N(C(=O)c2ccco2)c2ccc(NC(C)=O)cc2)cc(OC)c1OC. The van der Waals surface area contributed by atoms with Gasteiger partial charge in [0.1, 0.15) is 6.04 Å². The first kappa shape index (κ1) is 27.6. The lowest BCUT2D eigenvalue weighted by molar-refractivity contribution is -0.123. The van der Waals surface area contributed by atoms with E-state index >= 15 is 0 Å². The summed E-state index contributed by atoms with van der Waals surface area (Å²) in [6.07, 6.45) is 5.19. The van der Waals surface area contributed by atoms with Gasteiger partial charge in [-0.3, -0.25) is 19.3 Å². The van der Waals surface area contributed by atoms with Gasteiger partial charge in [-0.1, -0.05) is 12.8 Å². The third kappa shape index (κ3) is 6.17. The first-order chi connectivity index (χ1) is 18.9. The fourth-order valence-corrected chi connectivity index (χ4v) is 4.84. The molecule has 206 valence electrons. The van der Waals surface area contributed by atoms with Crippen LogP contribution in [0.4, 0.5) is 11.4 Å². The van der Waals surface area contributed by atoms with Crippen LogP contribution >= 0.6 is 0 Å². The van der Waals surface area contributed by atoms with Crippen molar-refractivity contribution in [1.29, 1.82) is 0 Å². The van der Waals surface area contributed by atoms with Gasteiger partial charge in [-0.15, -0.1) is 0 Å². The van der Waals surface area contributed by atoms with Gasteiger partial charge in [-0.2, -0.15) is 0 Å². The van der Waals surface area contributed by atoms with Crippen LogP contribution in [0.5, 0.6) is 17.2 Å². The van der Waals surface area contributed by atoms with Crippen molar-refractivity contribution in [3.8, 4) is 17.2 Å². The molecule has 1 atom stereocenters. The summed E-state index contributed by atoms with van der Waals surface area (Å²) in [5.41, 5.74) is 1.42. The highest BCUT2D eigenvalue weighted by Gasteiger charge is 2.37. The zero-order valence-corrected chi connectivity index (χ0v) is 22.5. The summed E-state index contributed by atoms with van der Waals surface area (Å²) in [6.45, 7) is 1.41. The molecule has 0 bridgehead atoms. The quantitative estimate of drug-likeness (QED) is 0.386. The topological polar surface area (TPSA) is 119 Å². The highest BCUT2D eigenvalue weighted by molar-refractivity contribution is 6.09. The van der Waals surface area contributed by atoms with Crippen LogP contribution < -0.4 is 29.7 Å². The van der Waals surface area contributed by atoms with E-state index in [0.717, 1.165) is 25.7 Å². The number of furan rings is 1. The lowest BCUT2D eigenvalue weighted by Crippen LogP contribution is -2.46. The van der Waals surface area contributed by atoms with E-state index in [4.69, 9.17) is 18.6 Å². The number of nitrogens with one attached hydrogen (secondary N) is 2. The van der Waals surface area contributed by atoms with Crippen LogP contribution in [0.3, 0.4) is 0 Å². The van der Waals surface area contributed by atoms with E-state index in [1.54, 1.807) is 48.5 Å². The maximum absolute atomic E-state index is 14.0. The summed E-state index contributed by atoms with van der Waals surface area (Å²) in [6, 6.07) is 12.0. The van der Waals surface area contributed by atoms with E-state index in [1.807, 2.05) is 0 Å². The Hall–Kier alpha value is -4.47. The molecule has 2 aromatic carbocycles. The van der Waals surface area contributed by atoms with Crippen molar-refractivity contribution < 1.29 is 33.0 Å². The molecule has 1 aliphatic carbocycles. The van der Waals surface area contributed by atoms with E-state index < -0.39 is 11.9 Å². The molecule has 1 aromatic heterocycles. The molecule has 39 heavy (non-hydrogen) atoms. The average Bonchev–Trinajstić information content (AvgIpc) is 3.65. The predicted octanol–water partition coefficient (Wildman–Crippen LogP) is 4.71. The van der Waals surface area contributed by atoms with Crippen molar-refractivity contribution in [3.63, 3.8) is 0 Å². The molecule has 2 N–H and O–H groups in total. The Balaban J connectivity index is 1.88. The maximum Gasteiger partial charge on any atom is 0.294 e. The zero-order chi connectivity index (χ0) is 27.9. The number of carbonyl (C=O) groups is 3. The molecular weight excluding hydrogens is 502 g/mol. The minimum absolute atomic E-state index is 0.00440. The van der Waals surface area contributed by atoms with Crippen molar-refractivity contribution in [2.45, 2.75) is 44.7 Å². The molecule has 0 spiro atoms. The van der Waals surface area contributed by atoms with E-state index in [1.165, 1.54) is 39.4 Å². The van der Waals surface area contributed by atoms with E-state index in [2.05, 4.69) is 10.6 Å². The van der Waals surface area contributed by atoms with Crippen LogP contribution in [-0.2, 0) is 9.59 Å². The Kier molecular flexibility index (Phi) is 8.75. The fourth-order valence-electron chi connectivity index (χ4n) is 4.84. The van der Waals surface area contributed by atoms with Crippen LogP contribution in [0.1, 0.15) is 54.8 Å². The third-order valence-electron chi connectivity index (χ3n) is 6.63. The molecule has 1 fully saturated rings. The number of anilines is 2. The first-order valence-corrected chi connectivity index (χ1v) is 12.7. The monoisotopic (exact) mass is 535 g/mol. The molecule has 0 saturated heterocycles. The zero-order valence-electron chi connectivity index (χ0n) is 22.5. The number of nitrogens with zero attached hydrogens (tertiary/aromatic N) is 1. The average molecular weight is 536 g/mol. The van der Waals surface area contributed by atoms with Crippen molar-refractivity contribution in [1.82, 2.24) is 5.32 Å². The summed E-state index contributed by atoms with van der Waals surface area (Å²) in [7, 11) is 4.47. The van der Waals surface area contributed by atoms with Gasteiger partial charge in [-0.05, 0) is 66.9 Å². The smallest absolute Gasteiger partial charge is 0.294 e. The molecule has 4 rings (SSSR count). The van der Waals surface area contributed by atoms with Crippen LogP contribution in [-0.4, -0.2) is 45.1 Å². The number of ether oxygens (including phenoxy) is 3. The van der Waals surface area contributed by atoms with Gasteiger partial charge in [-0.25, -0.2) is 0 Å². The second-order valence-corrected chi connectivity index (χ2v) is 9.23. The van der Waals surface area contributed by atoms with Gasteiger partial charge in [0.25, 0.3) is 5.91 Å². The molecule has 1 heterocycles. The van der Waals surface area contributed by atoms with Crippen LogP contribution in [0.2, 0.25) is 0 Å². The van der Waals surface area contributed by atoms with Gasteiger partial charge >= 0.3 is 0 Å². The summed E-state index contributed by atoms with van der Waals surface area (Å²) >= 11 is 0. The molecule has 10 heteroatoms. The second-order valence-electron chi connectivity index (χ2n) is 9.23. The summed E-state index contributed by atoms with van der Waals surface area (Å²) < 4.78 is 22.0. The number of hydrogen-bond donors (Lipinski definition) is 2. The summed E-state index contributed by atoms with van der Waals surface area (Å²) in [4.78, 5) is 40.9. The Labute approximate surface area is 227 Å². The molecule has 10 nitrogen and oxygen atoms in total. The molecule has 0 radical (unpaired) electrons. The molecule has 1 unspecified atom stereocenters. The molecule has 3 aromatic rings. The number of carbonyl (C=O) groups excluding carboxylic acids is 3. The molecular formula is C29H33N3O7. The largest absolute Gasteiger partial charge is 0.493 e. The third-order valence-corrected chi connectivity index (χ3v) is 6.63. The van der Waals surface area contributed by atoms with Crippen molar-refractivity contribution in [2.75, 3.05) is 31.5 Å². The minimum atomic E-state index is -1.12. The number of methoxy groups -OCH3 is 3. The van der Waals surface area contributed by atoms with Gasteiger partial charge in [0.15, 0.2) is 17.3 Å². The van der Waals surface area contributed by atoms with Crippen LogP contribution in [0, 0.1) is 0 Å². The molecule has 1 saturated carbocycles. The standard InChI is InChI=1S/C29H33N3O7/c1-18(33)30-21-11-13-22(14-12-21)32(29(35)23-10-7-15-39-23)26(28(34)31-20-8-5-6-9-20)19-16-24(36-2)27(38-4)25(17-19)37-3/h7,10-17,20,26H,5-6,8-9H2,1-4H3,(H,30,33)(H,31,34). The normalized spacial score (nSPS) is 13.8.